The highest BCUT2D eigenvalue weighted by atomic mass is 35.5. The van der Waals surface area contributed by atoms with Crippen LogP contribution in [0, 0.1) is 10.1 Å². The van der Waals surface area contributed by atoms with E-state index in [0.29, 0.717) is 5.69 Å². The summed E-state index contributed by atoms with van der Waals surface area (Å²) >= 11 is 6.01. The molecule has 1 aliphatic heterocycles. The number of carbonyl (C=O) groups excluding carboxylic acids is 1. The Kier molecular flexibility index (Phi) is 5.43. The minimum Gasteiger partial charge on any atom is -0.478 e. The molecule has 0 saturated carbocycles. The highest BCUT2D eigenvalue weighted by Crippen LogP contribution is 2.34. The summed E-state index contributed by atoms with van der Waals surface area (Å²) in [4.78, 5) is 23.0. The molecule has 1 heterocycles. The third-order valence-corrected chi connectivity index (χ3v) is 5.62. The predicted octanol–water partition coefficient (Wildman–Crippen LogP) is 2.80. The molecule has 0 saturated heterocycles. The van der Waals surface area contributed by atoms with E-state index >= 15 is 0 Å². The van der Waals surface area contributed by atoms with Gasteiger partial charge in [0.05, 0.1) is 27.6 Å². The minimum absolute atomic E-state index is 0.0383. The van der Waals surface area contributed by atoms with Gasteiger partial charge in [0.1, 0.15) is 5.75 Å². The number of ether oxygens (including phenoxy) is 1. The lowest BCUT2D eigenvalue weighted by Gasteiger charge is -2.20. The Morgan fingerprint density at radius 3 is 2.71 bits per heavy atom. The van der Waals surface area contributed by atoms with Crippen molar-refractivity contribution < 1.29 is 22.9 Å². The zero-order chi connectivity index (χ0) is 20.5. The fourth-order valence-electron chi connectivity index (χ4n) is 2.79. The average Bonchev–Trinajstić information content (AvgIpc) is 2.82. The van der Waals surface area contributed by atoms with Gasteiger partial charge in [0, 0.05) is 25.1 Å². The normalized spacial score (nSPS) is 16.5. The van der Waals surface area contributed by atoms with Crippen LogP contribution < -0.4 is 14.4 Å². The molecule has 11 heteroatoms. The van der Waals surface area contributed by atoms with Crippen molar-refractivity contribution >= 4 is 44.6 Å². The molecule has 2 aromatic carbocycles. The molecule has 0 aromatic heterocycles. The largest absolute Gasteiger partial charge is 0.478 e. The molecule has 0 spiro atoms. The van der Waals surface area contributed by atoms with Crippen molar-refractivity contribution in [3.05, 3.63) is 57.6 Å². The van der Waals surface area contributed by atoms with Gasteiger partial charge in [-0.3, -0.25) is 19.2 Å². The SMILES string of the molecule is CS(=O)(=O)N1CCC(C(=O)Nc2cc([N+](=O)[O-])ccc2Cl)Oc2ccccc21. The standard InChI is InChI=1S/C17H16ClN3O6S/c1-28(25,26)20-9-8-16(27-15-5-3-2-4-14(15)20)17(22)19-13-10-11(21(23)24)6-7-12(13)18/h2-7,10,16H,8-9H2,1H3,(H,19,22). The van der Waals surface area contributed by atoms with Gasteiger partial charge in [-0.2, -0.15) is 0 Å². The van der Waals surface area contributed by atoms with Crippen molar-refractivity contribution in [1.29, 1.82) is 0 Å². The molecule has 28 heavy (non-hydrogen) atoms. The summed E-state index contributed by atoms with van der Waals surface area (Å²) < 4.78 is 31.1. The number of hydrogen-bond donors (Lipinski definition) is 1. The van der Waals surface area contributed by atoms with Crippen LogP contribution in [-0.4, -0.2) is 38.2 Å². The van der Waals surface area contributed by atoms with Gasteiger partial charge in [-0.25, -0.2) is 8.42 Å². The molecule has 148 valence electrons. The number of nitro benzene ring substituents is 1. The van der Waals surface area contributed by atoms with Crippen LogP contribution in [-0.2, 0) is 14.8 Å². The van der Waals surface area contributed by atoms with E-state index in [0.717, 1.165) is 12.3 Å². The summed E-state index contributed by atoms with van der Waals surface area (Å²) in [5, 5.41) is 13.6. The van der Waals surface area contributed by atoms with E-state index in [1.54, 1.807) is 24.3 Å². The maximum Gasteiger partial charge on any atom is 0.271 e. The number of hydrogen-bond acceptors (Lipinski definition) is 6. The van der Waals surface area contributed by atoms with E-state index in [2.05, 4.69) is 5.32 Å². The average molecular weight is 426 g/mol. The molecule has 1 atom stereocenters. The highest BCUT2D eigenvalue weighted by molar-refractivity contribution is 7.92. The van der Waals surface area contributed by atoms with Gasteiger partial charge in [-0.15, -0.1) is 0 Å². The van der Waals surface area contributed by atoms with Crippen LogP contribution in [0.15, 0.2) is 42.5 Å². The zero-order valence-corrected chi connectivity index (χ0v) is 16.2. The molecular weight excluding hydrogens is 410 g/mol. The number of non-ortho nitro benzene ring substituents is 1. The number of halogens is 1. The molecule has 0 fully saturated rings. The third-order valence-electron chi connectivity index (χ3n) is 4.11. The number of carbonyl (C=O) groups is 1. The molecule has 2 aromatic rings. The van der Waals surface area contributed by atoms with Crippen LogP contribution in [0.4, 0.5) is 17.1 Å². The van der Waals surface area contributed by atoms with E-state index in [-0.39, 0.29) is 35.1 Å². The van der Waals surface area contributed by atoms with E-state index < -0.39 is 27.0 Å². The molecule has 1 aliphatic rings. The number of nitrogens with zero attached hydrogens (tertiary/aromatic N) is 2. The van der Waals surface area contributed by atoms with Crippen molar-refractivity contribution in [2.45, 2.75) is 12.5 Å². The van der Waals surface area contributed by atoms with Crippen molar-refractivity contribution in [3.63, 3.8) is 0 Å². The maximum absolute atomic E-state index is 12.7. The van der Waals surface area contributed by atoms with Gasteiger partial charge in [-0.05, 0) is 18.2 Å². The number of rotatable bonds is 4. The number of anilines is 2. The number of para-hydroxylation sites is 2. The molecule has 0 bridgehead atoms. The number of nitro groups is 1. The number of nitrogens with one attached hydrogen (secondary N) is 1. The van der Waals surface area contributed by atoms with Crippen molar-refractivity contribution in [2.24, 2.45) is 0 Å². The molecule has 1 amide bonds. The summed E-state index contributed by atoms with van der Waals surface area (Å²) in [5.41, 5.74) is 0.186. The Balaban J connectivity index is 1.87. The molecular formula is C17H16ClN3O6S. The maximum atomic E-state index is 12.7. The van der Waals surface area contributed by atoms with E-state index in [1.165, 1.54) is 16.4 Å². The monoisotopic (exact) mass is 425 g/mol. The smallest absolute Gasteiger partial charge is 0.271 e. The van der Waals surface area contributed by atoms with Crippen LogP contribution in [0.25, 0.3) is 0 Å². The first-order chi connectivity index (χ1) is 13.2. The third kappa shape index (κ3) is 4.18. The molecule has 0 aliphatic carbocycles. The van der Waals surface area contributed by atoms with Gasteiger partial charge in [0.25, 0.3) is 11.6 Å². The molecule has 3 rings (SSSR count). The predicted molar refractivity (Wildman–Crippen MR) is 104 cm³/mol. The molecule has 1 unspecified atom stereocenters. The van der Waals surface area contributed by atoms with Crippen molar-refractivity contribution in [3.8, 4) is 5.75 Å². The lowest BCUT2D eigenvalue weighted by atomic mass is 10.2. The second-order valence-corrected chi connectivity index (χ2v) is 8.42. The minimum atomic E-state index is -3.57. The fourth-order valence-corrected chi connectivity index (χ4v) is 3.90. The van der Waals surface area contributed by atoms with Crippen LogP contribution in [0.5, 0.6) is 5.75 Å². The Labute approximate surface area is 166 Å². The molecule has 1 N–H and O–H groups in total. The summed E-state index contributed by atoms with van der Waals surface area (Å²) in [6, 6.07) is 10.2. The van der Waals surface area contributed by atoms with Crippen LogP contribution in [0.1, 0.15) is 6.42 Å². The first kappa shape index (κ1) is 19.9. The summed E-state index contributed by atoms with van der Waals surface area (Å²) in [6.45, 7) is 0.0383. The first-order valence-corrected chi connectivity index (χ1v) is 10.4. The van der Waals surface area contributed by atoms with E-state index in [4.69, 9.17) is 16.3 Å². The quantitative estimate of drug-likeness (QED) is 0.594. The Morgan fingerprint density at radius 1 is 1.32 bits per heavy atom. The zero-order valence-electron chi connectivity index (χ0n) is 14.7. The number of fused-ring (bicyclic) bond motifs is 1. The lowest BCUT2D eigenvalue weighted by Crippen LogP contribution is -2.36. The van der Waals surface area contributed by atoms with E-state index in [1.807, 2.05) is 0 Å². The van der Waals surface area contributed by atoms with Crippen LogP contribution in [0.3, 0.4) is 0 Å². The second-order valence-electron chi connectivity index (χ2n) is 6.11. The number of benzene rings is 2. The second kappa shape index (κ2) is 7.64. The summed E-state index contributed by atoms with van der Waals surface area (Å²) in [6.07, 6.45) is 0.149. The highest BCUT2D eigenvalue weighted by Gasteiger charge is 2.31. The van der Waals surface area contributed by atoms with Crippen molar-refractivity contribution in [2.75, 3.05) is 22.4 Å². The number of sulfonamides is 1. The first-order valence-electron chi connectivity index (χ1n) is 8.15. The Bertz CT molecular complexity index is 1040. The van der Waals surface area contributed by atoms with Gasteiger partial charge in [0.15, 0.2) is 6.10 Å². The van der Waals surface area contributed by atoms with Gasteiger partial charge >= 0.3 is 0 Å². The van der Waals surface area contributed by atoms with Gasteiger partial charge < -0.3 is 10.1 Å². The Morgan fingerprint density at radius 2 is 2.04 bits per heavy atom. The fraction of sp³-hybridized carbons (Fsp3) is 0.235. The molecule has 9 nitrogen and oxygen atoms in total. The van der Waals surface area contributed by atoms with Crippen molar-refractivity contribution in [1.82, 2.24) is 0 Å². The van der Waals surface area contributed by atoms with Gasteiger partial charge in [0.2, 0.25) is 10.0 Å². The number of amides is 1. The Hall–Kier alpha value is -2.85. The van der Waals surface area contributed by atoms with Gasteiger partial charge in [-0.1, -0.05) is 23.7 Å². The lowest BCUT2D eigenvalue weighted by molar-refractivity contribution is -0.384. The van der Waals surface area contributed by atoms with Crippen LogP contribution >= 0.6 is 11.6 Å². The summed E-state index contributed by atoms with van der Waals surface area (Å²) in [5.74, 6) is -0.344. The van der Waals surface area contributed by atoms with Crippen LogP contribution in [0.2, 0.25) is 5.02 Å². The molecule has 0 radical (unpaired) electrons. The summed E-state index contributed by atoms with van der Waals surface area (Å²) in [7, 11) is -3.57. The van der Waals surface area contributed by atoms with E-state index in [9.17, 15) is 23.3 Å². The topological polar surface area (TPSA) is 119 Å².